The van der Waals surface area contributed by atoms with Crippen molar-refractivity contribution >= 4 is 28.9 Å². The zero-order chi connectivity index (χ0) is 14.4. The molecule has 1 amide bonds. The molecule has 0 aliphatic heterocycles. The lowest BCUT2D eigenvalue weighted by molar-refractivity contribution is 0.0827. The van der Waals surface area contributed by atoms with Crippen molar-refractivity contribution in [2.24, 2.45) is 0 Å². The molecule has 0 aromatic heterocycles. The second-order valence-corrected chi connectivity index (χ2v) is 5.09. The summed E-state index contributed by atoms with van der Waals surface area (Å²) in [6, 6.07) is 7.62. The Hall–Kier alpha value is -1.62. The summed E-state index contributed by atoms with van der Waals surface area (Å²) in [5.74, 6) is -0.00754. The monoisotopic (exact) mass is 279 g/mol. The number of carbonyl (C=O) groups is 1. The van der Waals surface area contributed by atoms with Gasteiger partial charge in [-0.1, -0.05) is 6.92 Å². The van der Waals surface area contributed by atoms with Crippen LogP contribution in [0, 0.1) is 0 Å². The number of nitrogens with one attached hydrogen (secondary N) is 2. The molecule has 0 aliphatic rings. The molecule has 2 N–H and O–H groups in total. The van der Waals surface area contributed by atoms with Gasteiger partial charge in [0.25, 0.3) is 5.91 Å². The van der Waals surface area contributed by atoms with Crippen LogP contribution in [0.15, 0.2) is 24.3 Å². The first kappa shape index (κ1) is 15.4. The molecule has 0 spiro atoms. The molecule has 5 heteroatoms. The minimum Gasteiger partial charge on any atom is -0.360 e. The number of anilines is 1. The van der Waals surface area contributed by atoms with E-state index in [4.69, 9.17) is 12.2 Å². The van der Waals surface area contributed by atoms with Crippen LogP contribution in [0.5, 0.6) is 0 Å². The fourth-order valence-corrected chi connectivity index (χ4v) is 1.77. The van der Waals surface area contributed by atoms with E-state index < -0.39 is 0 Å². The molecule has 0 radical (unpaired) electrons. The molecule has 1 unspecified atom stereocenters. The molecule has 0 saturated carbocycles. The van der Waals surface area contributed by atoms with Gasteiger partial charge in [-0.3, -0.25) is 4.79 Å². The third-order valence-electron chi connectivity index (χ3n) is 2.79. The second-order valence-electron chi connectivity index (χ2n) is 4.68. The quantitative estimate of drug-likeness (QED) is 0.831. The van der Waals surface area contributed by atoms with E-state index in [1.54, 1.807) is 31.1 Å². The van der Waals surface area contributed by atoms with E-state index in [0.717, 1.165) is 12.1 Å². The Morgan fingerprint density at radius 3 is 2.37 bits per heavy atom. The van der Waals surface area contributed by atoms with Gasteiger partial charge in [-0.2, -0.15) is 0 Å². The molecule has 1 aromatic rings. The standard InChI is InChI=1S/C14H21N3OS/c1-5-10(2)15-14(19)16-12-8-6-11(7-9-12)13(18)17(3)4/h6-10H,5H2,1-4H3,(H2,15,16,19). The highest BCUT2D eigenvalue weighted by Gasteiger charge is 2.07. The summed E-state index contributed by atoms with van der Waals surface area (Å²) < 4.78 is 0. The molecular weight excluding hydrogens is 258 g/mol. The lowest BCUT2D eigenvalue weighted by Gasteiger charge is -2.15. The molecule has 1 atom stereocenters. The molecule has 0 bridgehead atoms. The first-order valence-corrected chi connectivity index (χ1v) is 6.74. The predicted octanol–water partition coefficient (Wildman–Crippen LogP) is 2.47. The molecule has 19 heavy (non-hydrogen) atoms. The fourth-order valence-electron chi connectivity index (χ4n) is 1.45. The van der Waals surface area contributed by atoms with Crippen molar-refractivity contribution in [3.8, 4) is 0 Å². The Labute approximate surface area is 120 Å². The van der Waals surface area contributed by atoms with Gasteiger partial charge in [0.15, 0.2) is 5.11 Å². The molecule has 0 fully saturated rings. The van der Waals surface area contributed by atoms with Crippen molar-refractivity contribution in [3.63, 3.8) is 0 Å². The topological polar surface area (TPSA) is 44.4 Å². The predicted molar refractivity (Wildman–Crippen MR) is 83.6 cm³/mol. The summed E-state index contributed by atoms with van der Waals surface area (Å²) in [7, 11) is 3.47. The molecule has 0 saturated heterocycles. The number of amides is 1. The van der Waals surface area contributed by atoms with Crippen LogP contribution < -0.4 is 10.6 Å². The average Bonchev–Trinajstić information content (AvgIpc) is 2.38. The van der Waals surface area contributed by atoms with E-state index in [9.17, 15) is 4.79 Å². The van der Waals surface area contributed by atoms with Crippen molar-refractivity contribution in [1.82, 2.24) is 10.2 Å². The van der Waals surface area contributed by atoms with Crippen LogP contribution in [0.3, 0.4) is 0 Å². The summed E-state index contributed by atoms with van der Waals surface area (Å²) in [6.45, 7) is 4.18. The Morgan fingerprint density at radius 1 is 1.32 bits per heavy atom. The summed E-state index contributed by atoms with van der Waals surface area (Å²) in [5.41, 5.74) is 1.53. The number of rotatable bonds is 4. The van der Waals surface area contributed by atoms with Gasteiger partial charge in [-0.05, 0) is 49.8 Å². The van der Waals surface area contributed by atoms with E-state index in [-0.39, 0.29) is 5.91 Å². The summed E-state index contributed by atoms with van der Waals surface area (Å²) in [5, 5.41) is 6.87. The van der Waals surface area contributed by atoms with Crippen molar-refractivity contribution in [2.75, 3.05) is 19.4 Å². The van der Waals surface area contributed by atoms with Crippen molar-refractivity contribution in [3.05, 3.63) is 29.8 Å². The largest absolute Gasteiger partial charge is 0.360 e. The van der Waals surface area contributed by atoms with Crippen LogP contribution in [-0.2, 0) is 0 Å². The molecular formula is C14H21N3OS. The minimum atomic E-state index is -0.00754. The Morgan fingerprint density at radius 2 is 1.89 bits per heavy atom. The van der Waals surface area contributed by atoms with Crippen molar-refractivity contribution < 1.29 is 4.79 Å². The van der Waals surface area contributed by atoms with Gasteiger partial charge < -0.3 is 15.5 Å². The number of benzene rings is 1. The normalized spacial score (nSPS) is 11.6. The number of thiocarbonyl (C=S) groups is 1. The molecule has 0 heterocycles. The van der Waals surface area contributed by atoms with E-state index in [1.807, 2.05) is 12.1 Å². The highest BCUT2D eigenvalue weighted by atomic mass is 32.1. The smallest absolute Gasteiger partial charge is 0.253 e. The van der Waals surface area contributed by atoms with Gasteiger partial charge >= 0.3 is 0 Å². The van der Waals surface area contributed by atoms with Gasteiger partial charge in [0, 0.05) is 31.4 Å². The van der Waals surface area contributed by atoms with Crippen LogP contribution in [-0.4, -0.2) is 36.1 Å². The zero-order valence-electron chi connectivity index (χ0n) is 11.9. The lowest BCUT2D eigenvalue weighted by atomic mass is 10.2. The third-order valence-corrected chi connectivity index (χ3v) is 3.01. The van der Waals surface area contributed by atoms with Crippen LogP contribution in [0.4, 0.5) is 5.69 Å². The number of nitrogens with zero attached hydrogens (tertiary/aromatic N) is 1. The summed E-state index contributed by atoms with van der Waals surface area (Å²) >= 11 is 5.21. The van der Waals surface area contributed by atoms with E-state index in [0.29, 0.717) is 16.7 Å². The SMILES string of the molecule is CCC(C)NC(=S)Nc1ccc(C(=O)N(C)C)cc1. The van der Waals surface area contributed by atoms with Crippen molar-refractivity contribution in [2.45, 2.75) is 26.3 Å². The second kappa shape index (κ2) is 7.09. The third kappa shape index (κ3) is 4.87. The maximum Gasteiger partial charge on any atom is 0.253 e. The van der Waals surface area contributed by atoms with E-state index in [2.05, 4.69) is 24.5 Å². The molecule has 1 rings (SSSR count). The first-order chi connectivity index (χ1) is 8.93. The van der Waals surface area contributed by atoms with E-state index >= 15 is 0 Å². The Balaban J connectivity index is 2.62. The highest BCUT2D eigenvalue weighted by Crippen LogP contribution is 2.10. The van der Waals surface area contributed by atoms with Crippen LogP contribution in [0.25, 0.3) is 0 Å². The molecule has 4 nitrogen and oxygen atoms in total. The highest BCUT2D eigenvalue weighted by molar-refractivity contribution is 7.80. The van der Waals surface area contributed by atoms with E-state index in [1.165, 1.54) is 0 Å². The average molecular weight is 279 g/mol. The zero-order valence-corrected chi connectivity index (χ0v) is 12.7. The number of hydrogen-bond donors (Lipinski definition) is 2. The summed E-state index contributed by atoms with van der Waals surface area (Å²) in [6.07, 6.45) is 1.01. The molecule has 0 aliphatic carbocycles. The summed E-state index contributed by atoms with van der Waals surface area (Å²) in [4.78, 5) is 13.3. The minimum absolute atomic E-state index is 0.00754. The Kier molecular flexibility index (Phi) is 5.76. The molecule has 1 aromatic carbocycles. The lowest BCUT2D eigenvalue weighted by Crippen LogP contribution is -2.35. The number of hydrogen-bond acceptors (Lipinski definition) is 2. The first-order valence-electron chi connectivity index (χ1n) is 6.33. The maximum absolute atomic E-state index is 11.7. The van der Waals surface area contributed by atoms with Gasteiger partial charge in [-0.15, -0.1) is 0 Å². The van der Waals surface area contributed by atoms with Gasteiger partial charge in [0.2, 0.25) is 0 Å². The molecule has 104 valence electrons. The fraction of sp³-hybridized carbons (Fsp3) is 0.429. The number of carbonyl (C=O) groups excluding carboxylic acids is 1. The van der Waals surface area contributed by atoms with Gasteiger partial charge in [-0.25, -0.2) is 0 Å². The van der Waals surface area contributed by atoms with Crippen LogP contribution in [0.1, 0.15) is 30.6 Å². The van der Waals surface area contributed by atoms with Gasteiger partial charge in [0.1, 0.15) is 0 Å². The van der Waals surface area contributed by atoms with Gasteiger partial charge in [0.05, 0.1) is 0 Å². The Bertz CT molecular complexity index is 443. The van der Waals surface area contributed by atoms with Crippen LogP contribution in [0.2, 0.25) is 0 Å². The van der Waals surface area contributed by atoms with Crippen LogP contribution >= 0.6 is 12.2 Å². The maximum atomic E-state index is 11.7. The van der Waals surface area contributed by atoms with Crippen molar-refractivity contribution in [1.29, 1.82) is 0 Å².